The van der Waals surface area contributed by atoms with Gasteiger partial charge in [-0.3, -0.25) is 14.3 Å². The van der Waals surface area contributed by atoms with Gasteiger partial charge in [0.25, 0.3) is 0 Å². The molecule has 14 heavy (non-hydrogen) atoms. The predicted octanol–water partition coefficient (Wildman–Crippen LogP) is -0.252. The summed E-state index contributed by atoms with van der Waals surface area (Å²) in [6.45, 7) is 0. The SMILES string of the molecule is Cn1cc(CC(C(=O)O)C(=O)O)cn1. The van der Waals surface area contributed by atoms with Crippen LogP contribution in [0.3, 0.4) is 0 Å². The van der Waals surface area contributed by atoms with E-state index < -0.39 is 17.9 Å². The number of carbonyl (C=O) groups is 2. The minimum atomic E-state index is -1.40. The van der Waals surface area contributed by atoms with Crippen molar-refractivity contribution in [3.63, 3.8) is 0 Å². The van der Waals surface area contributed by atoms with Gasteiger partial charge in [-0.25, -0.2) is 0 Å². The van der Waals surface area contributed by atoms with Crippen molar-refractivity contribution in [2.45, 2.75) is 6.42 Å². The Morgan fingerprint density at radius 3 is 2.43 bits per heavy atom. The Morgan fingerprint density at radius 2 is 2.07 bits per heavy atom. The summed E-state index contributed by atoms with van der Waals surface area (Å²) >= 11 is 0. The van der Waals surface area contributed by atoms with Crippen molar-refractivity contribution < 1.29 is 19.8 Å². The molecular weight excluding hydrogens is 188 g/mol. The van der Waals surface area contributed by atoms with Gasteiger partial charge in [0.1, 0.15) is 0 Å². The summed E-state index contributed by atoms with van der Waals surface area (Å²) in [7, 11) is 1.68. The molecule has 0 aliphatic rings. The van der Waals surface area contributed by atoms with Crippen LogP contribution in [0.4, 0.5) is 0 Å². The monoisotopic (exact) mass is 198 g/mol. The quantitative estimate of drug-likeness (QED) is 0.650. The third kappa shape index (κ3) is 2.32. The number of hydrogen-bond donors (Lipinski definition) is 2. The van der Waals surface area contributed by atoms with E-state index >= 15 is 0 Å². The molecule has 0 spiro atoms. The maximum Gasteiger partial charge on any atom is 0.318 e. The number of carboxylic acids is 2. The fraction of sp³-hybridized carbons (Fsp3) is 0.375. The average molecular weight is 198 g/mol. The molecule has 0 fully saturated rings. The van der Waals surface area contributed by atoms with Gasteiger partial charge >= 0.3 is 11.9 Å². The Kier molecular flexibility index (Phi) is 2.85. The highest BCUT2D eigenvalue weighted by Crippen LogP contribution is 2.08. The lowest BCUT2D eigenvalue weighted by Crippen LogP contribution is -2.25. The molecule has 2 N–H and O–H groups in total. The third-order valence-electron chi connectivity index (χ3n) is 1.79. The minimum Gasteiger partial charge on any atom is -0.481 e. The second-order valence-electron chi connectivity index (χ2n) is 2.96. The van der Waals surface area contributed by atoms with Crippen LogP contribution in [0.15, 0.2) is 12.4 Å². The fourth-order valence-corrected chi connectivity index (χ4v) is 1.09. The lowest BCUT2D eigenvalue weighted by molar-refractivity contribution is -0.154. The molecule has 0 bridgehead atoms. The Labute approximate surface area is 79.8 Å². The molecule has 76 valence electrons. The smallest absolute Gasteiger partial charge is 0.318 e. The van der Waals surface area contributed by atoms with Gasteiger partial charge in [0.15, 0.2) is 5.92 Å². The molecule has 0 saturated heterocycles. The second-order valence-corrected chi connectivity index (χ2v) is 2.96. The van der Waals surface area contributed by atoms with Crippen molar-refractivity contribution in [3.8, 4) is 0 Å². The van der Waals surface area contributed by atoms with Crippen LogP contribution in [0.5, 0.6) is 0 Å². The molecule has 0 radical (unpaired) electrons. The fourth-order valence-electron chi connectivity index (χ4n) is 1.09. The third-order valence-corrected chi connectivity index (χ3v) is 1.79. The summed E-state index contributed by atoms with van der Waals surface area (Å²) in [5.74, 6) is -4.07. The largest absolute Gasteiger partial charge is 0.481 e. The number of aromatic nitrogens is 2. The van der Waals surface area contributed by atoms with Crippen LogP contribution in [0.2, 0.25) is 0 Å². The molecular formula is C8H10N2O4. The first-order valence-corrected chi connectivity index (χ1v) is 3.94. The average Bonchev–Trinajstić information content (AvgIpc) is 2.46. The summed E-state index contributed by atoms with van der Waals surface area (Å²) in [6.07, 6.45) is 3.01. The maximum atomic E-state index is 10.5. The van der Waals surface area contributed by atoms with E-state index in [1.54, 1.807) is 13.2 Å². The summed E-state index contributed by atoms with van der Waals surface area (Å²) in [6, 6.07) is 0. The topological polar surface area (TPSA) is 92.4 Å². The number of aliphatic carboxylic acids is 2. The zero-order valence-electron chi connectivity index (χ0n) is 7.54. The van der Waals surface area contributed by atoms with Crippen LogP contribution in [-0.4, -0.2) is 31.9 Å². The Bertz CT molecular complexity index is 344. The van der Waals surface area contributed by atoms with E-state index in [0.717, 1.165) is 0 Å². The van der Waals surface area contributed by atoms with Crippen LogP contribution in [0, 0.1) is 5.92 Å². The van der Waals surface area contributed by atoms with Gasteiger partial charge in [0.2, 0.25) is 0 Å². The molecule has 1 rings (SSSR count). The van der Waals surface area contributed by atoms with Crippen molar-refractivity contribution >= 4 is 11.9 Å². The van der Waals surface area contributed by atoms with Crippen LogP contribution >= 0.6 is 0 Å². The molecule has 0 unspecified atom stereocenters. The molecule has 6 nitrogen and oxygen atoms in total. The highest BCUT2D eigenvalue weighted by molar-refractivity contribution is 5.93. The van der Waals surface area contributed by atoms with Crippen LogP contribution in [0.25, 0.3) is 0 Å². The van der Waals surface area contributed by atoms with E-state index in [-0.39, 0.29) is 6.42 Å². The van der Waals surface area contributed by atoms with Gasteiger partial charge in [0, 0.05) is 13.2 Å². The van der Waals surface area contributed by atoms with E-state index in [4.69, 9.17) is 10.2 Å². The van der Waals surface area contributed by atoms with E-state index in [1.165, 1.54) is 10.9 Å². The van der Waals surface area contributed by atoms with Crippen molar-refractivity contribution in [2.75, 3.05) is 0 Å². The van der Waals surface area contributed by atoms with Crippen LogP contribution < -0.4 is 0 Å². The molecule has 0 aliphatic carbocycles. The summed E-state index contributed by atoms with van der Waals surface area (Å²) < 4.78 is 1.50. The first kappa shape index (κ1) is 10.2. The lowest BCUT2D eigenvalue weighted by Gasteiger charge is -2.04. The van der Waals surface area contributed by atoms with Gasteiger partial charge in [-0.1, -0.05) is 0 Å². The Balaban J connectivity index is 2.74. The summed E-state index contributed by atoms with van der Waals surface area (Å²) in [5.41, 5.74) is 0.599. The summed E-state index contributed by atoms with van der Waals surface area (Å²) in [4.78, 5) is 21.1. The van der Waals surface area contributed by atoms with E-state index in [0.29, 0.717) is 5.56 Å². The van der Waals surface area contributed by atoms with Crippen molar-refractivity contribution in [3.05, 3.63) is 18.0 Å². The molecule has 1 aromatic rings. The van der Waals surface area contributed by atoms with Crippen LogP contribution in [-0.2, 0) is 23.1 Å². The molecule has 0 amide bonds. The van der Waals surface area contributed by atoms with E-state index in [9.17, 15) is 9.59 Å². The standard InChI is InChI=1S/C8H10N2O4/c1-10-4-5(3-9-10)2-6(7(11)12)8(13)14/h3-4,6H,2H2,1H3,(H,11,12)(H,13,14). The molecule has 0 saturated carbocycles. The van der Waals surface area contributed by atoms with Gasteiger partial charge in [-0.15, -0.1) is 0 Å². The number of hydrogen-bond acceptors (Lipinski definition) is 3. The molecule has 1 aromatic heterocycles. The highest BCUT2D eigenvalue weighted by atomic mass is 16.4. The minimum absolute atomic E-state index is 0.0431. The molecule has 0 aromatic carbocycles. The Hall–Kier alpha value is -1.85. The zero-order chi connectivity index (χ0) is 10.7. The van der Waals surface area contributed by atoms with Crippen LogP contribution in [0.1, 0.15) is 5.56 Å². The first-order chi connectivity index (χ1) is 6.50. The number of rotatable bonds is 4. The number of aryl methyl sites for hydroxylation is 1. The van der Waals surface area contributed by atoms with Gasteiger partial charge in [0.05, 0.1) is 6.20 Å². The highest BCUT2D eigenvalue weighted by Gasteiger charge is 2.26. The van der Waals surface area contributed by atoms with Crippen molar-refractivity contribution in [2.24, 2.45) is 13.0 Å². The normalized spacial score (nSPS) is 10.4. The first-order valence-electron chi connectivity index (χ1n) is 3.94. The lowest BCUT2D eigenvalue weighted by atomic mass is 10.0. The maximum absolute atomic E-state index is 10.5. The van der Waals surface area contributed by atoms with Gasteiger partial charge in [-0.05, 0) is 12.0 Å². The second kappa shape index (κ2) is 3.91. The number of nitrogens with zero attached hydrogens (tertiary/aromatic N) is 2. The van der Waals surface area contributed by atoms with E-state index in [2.05, 4.69) is 5.10 Å². The van der Waals surface area contributed by atoms with E-state index in [1.807, 2.05) is 0 Å². The zero-order valence-corrected chi connectivity index (χ0v) is 7.54. The molecule has 0 aliphatic heterocycles. The Morgan fingerprint density at radius 1 is 1.50 bits per heavy atom. The molecule has 1 heterocycles. The van der Waals surface area contributed by atoms with Gasteiger partial charge in [-0.2, -0.15) is 5.10 Å². The molecule has 0 atom stereocenters. The predicted molar refractivity (Wildman–Crippen MR) is 45.7 cm³/mol. The van der Waals surface area contributed by atoms with Gasteiger partial charge < -0.3 is 10.2 Å². The molecule has 6 heteroatoms. The van der Waals surface area contributed by atoms with Crippen molar-refractivity contribution in [1.29, 1.82) is 0 Å². The number of carboxylic acid groups (broad SMARTS) is 2. The van der Waals surface area contributed by atoms with Crippen molar-refractivity contribution in [1.82, 2.24) is 9.78 Å². The summed E-state index contributed by atoms with van der Waals surface area (Å²) in [5, 5.41) is 21.0.